The molecule has 1 amide bonds. The zero-order valence-corrected chi connectivity index (χ0v) is 14.7. The van der Waals surface area contributed by atoms with Gasteiger partial charge in [0.2, 0.25) is 0 Å². The van der Waals surface area contributed by atoms with Crippen LogP contribution in [0.2, 0.25) is 0 Å². The van der Waals surface area contributed by atoms with Crippen LogP contribution in [0.3, 0.4) is 0 Å². The first-order chi connectivity index (χ1) is 12.2. The fraction of sp³-hybridized carbons (Fsp3) is 0.167. The molecule has 1 aromatic heterocycles. The van der Waals surface area contributed by atoms with E-state index < -0.39 is 6.04 Å². The molecule has 0 fully saturated rings. The maximum atomic E-state index is 12.1. The second-order valence-corrected chi connectivity index (χ2v) is 6.39. The molecule has 0 bridgehead atoms. The number of amides is 1. The molecule has 0 saturated heterocycles. The van der Waals surface area contributed by atoms with Crippen molar-refractivity contribution in [1.29, 1.82) is 0 Å². The number of thiazole rings is 1. The molecule has 1 atom stereocenters. The number of nitrogens with one attached hydrogen (secondary N) is 2. The third-order valence-electron chi connectivity index (χ3n) is 3.51. The molecule has 1 heterocycles. The van der Waals surface area contributed by atoms with Crippen molar-refractivity contribution >= 4 is 38.8 Å². The number of fused-ring (bicyclic) bond motifs is 1. The average molecular weight is 354 g/mol. The molecule has 6 nitrogen and oxygen atoms in total. The predicted molar refractivity (Wildman–Crippen MR) is 101 cm³/mol. The number of para-hydroxylation sites is 1. The SMILES string of the molecule is COc1cccc(/C=N\NC(=O)[C@@H](C)Nc2nc3ccccc3s2)c1. The lowest BCUT2D eigenvalue weighted by Crippen LogP contribution is -2.34. The van der Waals surface area contributed by atoms with Crippen LogP contribution >= 0.6 is 11.3 Å². The lowest BCUT2D eigenvalue weighted by atomic mass is 10.2. The summed E-state index contributed by atoms with van der Waals surface area (Å²) in [4.78, 5) is 16.6. The molecule has 0 unspecified atom stereocenters. The molecule has 25 heavy (non-hydrogen) atoms. The van der Waals surface area contributed by atoms with Crippen molar-refractivity contribution in [2.45, 2.75) is 13.0 Å². The Kier molecular flexibility index (Phi) is 5.25. The van der Waals surface area contributed by atoms with Crippen molar-refractivity contribution in [1.82, 2.24) is 10.4 Å². The number of hydrogen-bond acceptors (Lipinski definition) is 6. The van der Waals surface area contributed by atoms with E-state index in [0.717, 1.165) is 21.5 Å². The first-order valence-electron chi connectivity index (χ1n) is 7.75. The molecular weight excluding hydrogens is 336 g/mol. The Morgan fingerprint density at radius 2 is 2.12 bits per heavy atom. The van der Waals surface area contributed by atoms with E-state index in [2.05, 4.69) is 20.8 Å². The van der Waals surface area contributed by atoms with Crippen molar-refractivity contribution in [3.63, 3.8) is 0 Å². The van der Waals surface area contributed by atoms with Crippen LogP contribution in [0.5, 0.6) is 5.75 Å². The smallest absolute Gasteiger partial charge is 0.262 e. The monoisotopic (exact) mass is 354 g/mol. The highest BCUT2D eigenvalue weighted by Gasteiger charge is 2.14. The summed E-state index contributed by atoms with van der Waals surface area (Å²) in [6.45, 7) is 1.77. The first kappa shape index (κ1) is 16.9. The molecular formula is C18H18N4O2S. The minimum absolute atomic E-state index is 0.238. The topological polar surface area (TPSA) is 75.6 Å². The Hall–Kier alpha value is -2.93. The number of aromatic nitrogens is 1. The lowest BCUT2D eigenvalue weighted by Gasteiger charge is -2.10. The van der Waals surface area contributed by atoms with Crippen molar-refractivity contribution in [2.75, 3.05) is 12.4 Å². The van der Waals surface area contributed by atoms with Gasteiger partial charge in [-0.15, -0.1) is 0 Å². The van der Waals surface area contributed by atoms with E-state index in [-0.39, 0.29) is 5.91 Å². The number of nitrogens with zero attached hydrogens (tertiary/aromatic N) is 2. The Balaban J connectivity index is 1.57. The van der Waals surface area contributed by atoms with Gasteiger partial charge in [0, 0.05) is 0 Å². The van der Waals surface area contributed by atoms with E-state index in [1.807, 2.05) is 48.5 Å². The van der Waals surface area contributed by atoms with Crippen LogP contribution in [0.15, 0.2) is 53.6 Å². The molecule has 0 radical (unpaired) electrons. The lowest BCUT2D eigenvalue weighted by molar-refractivity contribution is -0.121. The van der Waals surface area contributed by atoms with Gasteiger partial charge >= 0.3 is 0 Å². The zero-order chi connectivity index (χ0) is 17.6. The number of methoxy groups -OCH3 is 1. The molecule has 2 aromatic carbocycles. The summed E-state index contributed by atoms with van der Waals surface area (Å²) in [5.41, 5.74) is 4.28. The number of hydrazone groups is 1. The number of ether oxygens (including phenoxy) is 1. The number of rotatable bonds is 6. The number of carbonyl (C=O) groups excluding carboxylic acids is 1. The van der Waals surface area contributed by atoms with Gasteiger partial charge in [-0.1, -0.05) is 35.6 Å². The maximum Gasteiger partial charge on any atom is 0.262 e. The minimum atomic E-state index is -0.456. The van der Waals surface area contributed by atoms with Crippen molar-refractivity contribution in [3.05, 3.63) is 54.1 Å². The highest BCUT2D eigenvalue weighted by molar-refractivity contribution is 7.22. The molecule has 3 rings (SSSR count). The molecule has 0 aliphatic heterocycles. The molecule has 0 spiro atoms. The summed E-state index contributed by atoms with van der Waals surface area (Å²) in [6.07, 6.45) is 1.57. The zero-order valence-electron chi connectivity index (χ0n) is 13.9. The number of benzene rings is 2. The van der Waals surface area contributed by atoms with Crippen LogP contribution in [0, 0.1) is 0 Å². The highest BCUT2D eigenvalue weighted by Crippen LogP contribution is 2.25. The highest BCUT2D eigenvalue weighted by atomic mass is 32.1. The van der Waals surface area contributed by atoms with Crippen LogP contribution in [0.4, 0.5) is 5.13 Å². The largest absolute Gasteiger partial charge is 0.497 e. The quantitative estimate of drug-likeness (QED) is 0.526. The van der Waals surface area contributed by atoms with Crippen LogP contribution in [0.25, 0.3) is 10.2 Å². The van der Waals surface area contributed by atoms with Crippen molar-refractivity contribution < 1.29 is 9.53 Å². The van der Waals surface area contributed by atoms with Gasteiger partial charge in [0.05, 0.1) is 23.5 Å². The average Bonchev–Trinajstić information content (AvgIpc) is 3.04. The fourth-order valence-electron chi connectivity index (χ4n) is 2.17. The molecule has 0 aliphatic carbocycles. The summed E-state index contributed by atoms with van der Waals surface area (Å²) in [5.74, 6) is 0.500. The van der Waals surface area contributed by atoms with Gasteiger partial charge in [0.15, 0.2) is 5.13 Å². The van der Waals surface area contributed by atoms with Crippen molar-refractivity contribution in [3.8, 4) is 5.75 Å². The Morgan fingerprint density at radius 1 is 1.28 bits per heavy atom. The summed E-state index contributed by atoms with van der Waals surface area (Å²) in [7, 11) is 1.60. The van der Waals surface area contributed by atoms with E-state index in [9.17, 15) is 4.79 Å². The molecule has 2 N–H and O–H groups in total. The van der Waals surface area contributed by atoms with E-state index >= 15 is 0 Å². The maximum absolute atomic E-state index is 12.1. The molecule has 0 aliphatic rings. The van der Waals surface area contributed by atoms with E-state index in [1.165, 1.54) is 11.3 Å². The van der Waals surface area contributed by atoms with Gasteiger partial charge in [-0.2, -0.15) is 5.10 Å². The molecule has 7 heteroatoms. The van der Waals surface area contributed by atoms with Gasteiger partial charge in [0.1, 0.15) is 11.8 Å². The van der Waals surface area contributed by atoms with Gasteiger partial charge in [0.25, 0.3) is 5.91 Å². The Labute approximate surface area is 149 Å². The summed E-state index contributed by atoms with van der Waals surface area (Å²) >= 11 is 1.51. The van der Waals surface area contributed by atoms with E-state index in [1.54, 1.807) is 20.2 Å². The second-order valence-electron chi connectivity index (χ2n) is 5.36. The van der Waals surface area contributed by atoms with Crippen LogP contribution in [0.1, 0.15) is 12.5 Å². The number of carbonyl (C=O) groups is 1. The standard InChI is InChI=1S/C18H18N4O2S/c1-12(20-18-21-15-8-3-4-9-16(15)25-18)17(23)22-19-11-13-6-5-7-14(10-13)24-2/h3-12H,1-2H3,(H,20,21)(H,22,23)/b19-11-/t12-/m1/s1. The summed E-state index contributed by atoms with van der Waals surface area (Å²) in [6, 6.07) is 14.8. The van der Waals surface area contributed by atoms with Gasteiger partial charge in [-0.25, -0.2) is 10.4 Å². The van der Waals surface area contributed by atoms with Gasteiger partial charge in [-0.3, -0.25) is 4.79 Å². The van der Waals surface area contributed by atoms with Crippen LogP contribution in [-0.2, 0) is 4.79 Å². The van der Waals surface area contributed by atoms with Crippen molar-refractivity contribution in [2.24, 2.45) is 5.10 Å². The third kappa shape index (κ3) is 4.33. The third-order valence-corrected chi connectivity index (χ3v) is 4.48. The van der Waals surface area contributed by atoms with Gasteiger partial charge < -0.3 is 10.1 Å². The normalized spacial score (nSPS) is 12.2. The number of anilines is 1. The Bertz CT molecular complexity index is 874. The molecule has 3 aromatic rings. The fourth-order valence-corrected chi connectivity index (χ4v) is 3.13. The Morgan fingerprint density at radius 3 is 2.92 bits per heavy atom. The second kappa shape index (κ2) is 7.76. The first-order valence-corrected chi connectivity index (χ1v) is 8.56. The predicted octanol–water partition coefficient (Wildman–Crippen LogP) is 3.26. The minimum Gasteiger partial charge on any atom is -0.497 e. The number of hydrogen-bond donors (Lipinski definition) is 2. The summed E-state index contributed by atoms with van der Waals surface area (Å²) < 4.78 is 6.22. The van der Waals surface area contributed by atoms with E-state index in [0.29, 0.717) is 5.13 Å². The van der Waals surface area contributed by atoms with Crippen LogP contribution in [-0.4, -0.2) is 30.3 Å². The van der Waals surface area contributed by atoms with E-state index in [4.69, 9.17) is 4.74 Å². The summed E-state index contributed by atoms with van der Waals surface area (Å²) in [5, 5.41) is 7.79. The van der Waals surface area contributed by atoms with Crippen LogP contribution < -0.4 is 15.5 Å². The van der Waals surface area contributed by atoms with Gasteiger partial charge in [-0.05, 0) is 36.8 Å². The molecule has 128 valence electrons. The molecule has 0 saturated carbocycles.